The molecule has 0 aliphatic carbocycles. The Morgan fingerprint density at radius 3 is 2.49 bits per heavy atom. The van der Waals surface area contributed by atoms with Crippen LogP contribution in [0.4, 0.5) is 15.5 Å². The molecule has 0 bridgehead atoms. The number of carbonyl (C=O) groups excluding carboxylic acids is 3. The van der Waals surface area contributed by atoms with Crippen LogP contribution < -0.4 is 19.9 Å². The number of hydrogen-bond donors (Lipinski definition) is 2. The van der Waals surface area contributed by atoms with Crippen LogP contribution in [0.1, 0.15) is 30.0 Å². The van der Waals surface area contributed by atoms with Gasteiger partial charge < -0.3 is 38.7 Å². The van der Waals surface area contributed by atoms with Crippen molar-refractivity contribution in [2.75, 3.05) is 49.7 Å². The molecule has 2 fully saturated rings. The Balaban J connectivity index is 1.32. The van der Waals surface area contributed by atoms with Crippen molar-refractivity contribution < 1.29 is 33.1 Å². The number of aliphatic hydroxyl groups is 1. The van der Waals surface area contributed by atoms with Crippen LogP contribution in [-0.4, -0.2) is 82.1 Å². The van der Waals surface area contributed by atoms with Gasteiger partial charge in [0.25, 0.3) is 5.91 Å². The minimum atomic E-state index is -3.52. The molecule has 0 unspecified atom stereocenters. The second-order valence-corrected chi connectivity index (χ2v) is 17.5. The number of ether oxygens (including phenoxy) is 2. The molecule has 2 saturated heterocycles. The number of hydrogen-bond acceptors (Lipinski definition) is 7. The summed E-state index contributed by atoms with van der Waals surface area (Å²) in [5.74, 6) is -0.612. The van der Waals surface area contributed by atoms with E-state index in [0.717, 1.165) is 23.4 Å². The first-order valence-electron chi connectivity index (χ1n) is 16.9. The average Bonchev–Trinajstić information content (AvgIpc) is 3.51. The Labute approximate surface area is 288 Å². The molecule has 3 amide bonds. The van der Waals surface area contributed by atoms with Crippen LogP contribution >= 0.6 is 0 Å². The van der Waals surface area contributed by atoms with Crippen LogP contribution in [-0.2, 0) is 37.8 Å². The van der Waals surface area contributed by atoms with Gasteiger partial charge in [-0.15, -0.1) is 0 Å². The molecule has 3 aliphatic rings. The highest BCUT2D eigenvalue weighted by atomic mass is 28.4. The van der Waals surface area contributed by atoms with Gasteiger partial charge in [-0.05, 0) is 54.6 Å². The number of nitrogens with one attached hydrogen (secondary N) is 1. The third-order valence-corrected chi connectivity index (χ3v) is 12.6. The van der Waals surface area contributed by atoms with E-state index in [4.69, 9.17) is 9.47 Å². The molecule has 0 saturated carbocycles. The summed E-state index contributed by atoms with van der Waals surface area (Å²) >= 11 is 0. The number of methoxy groups -OCH3 is 1. The largest absolute Gasteiger partial charge is 0.497 e. The van der Waals surface area contributed by atoms with Gasteiger partial charge in [-0.3, -0.25) is 14.4 Å². The molecule has 12 heteroatoms. The second-order valence-electron chi connectivity index (χ2n) is 13.7. The van der Waals surface area contributed by atoms with Crippen molar-refractivity contribution in [2.45, 2.75) is 56.8 Å². The van der Waals surface area contributed by atoms with E-state index in [1.54, 1.807) is 47.0 Å². The number of piperazine rings is 1. The molecule has 3 aromatic carbocycles. The van der Waals surface area contributed by atoms with E-state index in [2.05, 4.69) is 5.32 Å². The zero-order valence-corrected chi connectivity index (χ0v) is 29.5. The second kappa shape index (κ2) is 14.0. The van der Waals surface area contributed by atoms with Crippen molar-refractivity contribution >= 4 is 37.5 Å². The normalized spacial score (nSPS) is 23.7. The lowest BCUT2D eigenvalue weighted by Crippen LogP contribution is -2.48. The summed E-state index contributed by atoms with van der Waals surface area (Å²) in [5.41, 5.74) is 1.62. The van der Waals surface area contributed by atoms with Gasteiger partial charge >= 0.3 is 0 Å². The van der Waals surface area contributed by atoms with Gasteiger partial charge in [-0.25, -0.2) is 0 Å². The first kappa shape index (κ1) is 34.7. The van der Waals surface area contributed by atoms with Gasteiger partial charge in [0.05, 0.1) is 45.0 Å². The third-order valence-electron chi connectivity index (χ3n) is 10.2. The van der Waals surface area contributed by atoms with E-state index in [9.17, 15) is 19.5 Å². The Morgan fingerprint density at radius 2 is 1.84 bits per heavy atom. The molecule has 3 aliphatic heterocycles. The Morgan fingerprint density at radius 1 is 1.10 bits per heavy atom. The highest BCUT2D eigenvalue weighted by molar-refractivity contribution is 6.72. The lowest BCUT2D eigenvalue weighted by Gasteiger charge is -2.31. The van der Waals surface area contributed by atoms with Crippen LogP contribution in [0.5, 0.6) is 5.75 Å². The maximum Gasteiger partial charge on any atom is 0.264 e. The van der Waals surface area contributed by atoms with Crippen molar-refractivity contribution in [1.29, 1.82) is 0 Å². The molecule has 10 nitrogen and oxygen atoms in total. The lowest BCUT2D eigenvalue weighted by atomic mass is 9.82. The van der Waals surface area contributed by atoms with E-state index in [-0.39, 0.29) is 43.8 Å². The third kappa shape index (κ3) is 6.62. The summed E-state index contributed by atoms with van der Waals surface area (Å²) in [6.45, 7) is 7.11. The molecular formula is C37H45FN4O6Si. The Kier molecular flexibility index (Phi) is 9.94. The number of rotatable bonds is 11. The molecule has 3 heterocycles. The maximum atomic E-state index is 16.4. The molecule has 1 spiro atoms. The number of halogens is 1. The number of anilines is 2. The van der Waals surface area contributed by atoms with Crippen molar-refractivity contribution in [3.05, 3.63) is 89.5 Å². The summed E-state index contributed by atoms with van der Waals surface area (Å²) in [4.78, 5) is 46.1. The predicted molar refractivity (Wildman–Crippen MR) is 187 cm³/mol. The van der Waals surface area contributed by atoms with Crippen LogP contribution in [0, 0.1) is 5.92 Å². The van der Waals surface area contributed by atoms with Crippen molar-refractivity contribution in [2.24, 2.45) is 5.92 Å². The van der Waals surface area contributed by atoms with E-state index in [0.29, 0.717) is 36.6 Å². The fourth-order valence-corrected chi connectivity index (χ4v) is 10.4. The highest BCUT2D eigenvalue weighted by Gasteiger charge is 2.67. The molecule has 6 rings (SSSR count). The molecule has 3 aromatic rings. The smallest absolute Gasteiger partial charge is 0.264 e. The number of aliphatic hydroxyl groups excluding tert-OH is 1. The predicted octanol–water partition coefficient (Wildman–Crippen LogP) is 4.36. The van der Waals surface area contributed by atoms with Gasteiger partial charge in [0.2, 0.25) is 20.2 Å². The van der Waals surface area contributed by atoms with E-state index >= 15 is 4.11 Å². The zero-order chi connectivity index (χ0) is 34.9. The summed E-state index contributed by atoms with van der Waals surface area (Å²) in [6, 6.07) is 22.5. The van der Waals surface area contributed by atoms with Crippen molar-refractivity contribution in [3.63, 3.8) is 0 Å². The number of fused-ring (bicyclic) bond motifs is 2. The van der Waals surface area contributed by atoms with Gasteiger partial charge in [0.1, 0.15) is 5.75 Å². The highest BCUT2D eigenvalue weighted by Crippen LogP contribution is 2.60. The minimum absolute atomic E-state index is 0.00683. The summed E-state index contributed by atoms with van der Waals surface area (Å²) < 4.78 is 28.8. The topological polar surface area (TPSA) is 112 Å². The first-order valence-corrected chi connectivity index (χ1v) is 19.8. The van der Waals surface area contributed by atoms with E-state index in [1.807, 2.05) is 67.6 Å². The van der Waals surface area contributed by atoms with Gasteiger partial charge in [-0.1, -0.05) is 49.4 Å². The van der Waals surface area contributed by atoms with E-state index < -0.39 is 31.6 Å². The molecule has 4 atom stereocenters. The monoisotopic (exact) mass is 688 g/mol. The fraction of sp³-hybridized carbons (Fsp3) is 0.432. The lowest BCUT2D eigenvalue weighted by molar-refractivity contribution is -0.150. The summed E-state index contributed by atoms with van der Waals surface area (Å²) in [7, 11) is -1.97. The summed E-state index contributed by atoms with van der Waals surface area (Å²) in [6.07, 6.45) is -0.979. The summed E-state index contributed by atoms with van der Waals surface area (Å²) in [5, 5.41) is 12.9. The van der Waals surface area contributed by atoms with Crippen LogP contribution in [0.15, 0.2) is 72.8 Å². The average molecular weight is 689 g/mol. The van der Waals surface area contributed by atoms with E-state index in [1.165, 1.54) is 0 Å². The quantitative estimate of drug-likeness (QED) is 0.228. The standard InChI is InChI=1S/C37H45FN4O6Si/c1-25-35(49(3,4)38)32(21-33(44)40(18-19-43)23-26-8-6-5-7-9-26)48-37(25)30-20-29(47-2)14-15-31(30)42(36(37)46)24-27-10-12-28(13-11-27)41-17-16-39-22-34(41)45/h5-15,20,25,32,35,39,43H,16-19,21-24H2,1-4H3/t25-,32+,35-,37+/m1/s1. The van der Waals surface area contributed by atoms with Gasteiger partial charge in [0.15, 0.2) is 5.60 Å². The number of carbonyl (C=O) groups is 3. The Bertz CT molecular complexity index is 1690. The van der Waals surface area contributed by atoms with Crippen LogP contribution in [0.3, 0.4) is 0 Å². The molecule has 2 N–H and O–H groups in total. The number of nitrogens with zero attached hydrogens (tertiary/aromatic N) is 3. The van der Waals surface area contributed by atoms with Crippen molar-refractivity contribution in [1.82, 2.24) is 10.2 Å². The Hall–Kier alpha value is -4.10. The van der Waals surface area contributed by atoms with Crippen molar-refractivity contribution in [3.8, 4) is 5.75 Å². The van der Waals surface area contributed by atoms with Gasteiger partial charge in [0, 0.05) is 48.9 Å². The molecule has 49 heavy (non-hydrogen) atoms. The van der Waals surface area contributed by atoms with Crippen LogP contribution in [0.2, 0.25) is 18.6 Å². The molecule has 260 valence electrons. The molecular weight excluding hydrogens is 644 g/mol. The van der Waals surface area contributed by atoms with Crippen LogP contribution in [0.25, 0.3) is 0 Å². The maximum absolute atomic E-state index is 16.4. The number of amides is 3. The molecule has 0 radical (unpaired) electrons. The fourth-order valence-electron chi connectivity index (χ4n) is 7.87. The first-order chi connectivity index (χ1) is 23.5. The number of benzene rings is 3. The zero-order valence-electron chi connectivity index (χ0n) is 28.5. The minimum Gasteiger partial charge on any atom is -0.497 e. The SMILES string of the molecule is COc1ccc2c(c1)[C@]1(O[C@@H](CC(=O)N(CCO)Cc3ccccc3)[C@H]([Si](C)(C)F)[C@H]1C)C(=O)N2Cc1ccc(N2CCNCC2=O)cc1. The van der Waals surface area contributed by atoms with Gasteiger partial charge in [-0.2, -0.15) is 0 Å². The molecule has 0 aromatic heterocycles.